The fourth-order valence-corrected chi connectivity index (χ4v) is 4.35. The molecule has 0 aromatic heterocycles. The van der Waals surface area contributed by atoms with Gasteiger partial charge in [-0.2, -0.15) is 0 Å². The zero-order chi connectivity index (χ0) is 18.5. The van der Waals surface area contributed by atoms with Crippen molar-refractivity contribution in [1.82, 2.24) is 0 Å². The summed E-state index contributed by atoms with van der Waals surface area (Å²) in [6.07, 6.45) is 0.880. The van der Waals surface area contributed by atoms with Gasteiger partial charge in [0.25, 0.3) is 0 Å². The van der Waals surface area contributed by atoms with Crippen molar-refractivity contribution in [2.24, 2.45) is 0 Å². The maximum atomic E-state index is 12.9. The van der Waals surface area contributed by atoms with Gasteiger partial charge in [-0.3, -0.25) is 9.36 Å². The average Bonchev–Trinajstić information content (AvgIpc) is 2.59. The van der Waals surface area contributed by atoms with Crippen LogP contribution in [0.2, 0.25) is 0 Å². The molecular weight excluding hydrogens is 343 g/mol. The van der Waals surface area contributed by atoms with E-state index in [1.54, 1.807) is 20.8 Å². The summed E-state index contributed by atoms with van der Waals surface area (Å²) in [7, 11) is -3.55. The minimum Gasteiger partial charge on any atom is -0.465 e. The maximum absolute atomic E-state index is 12.9. The summed E-state index contributed by atoms with van der Waals surface area (Å²) in [5, 5.41) is 0. The van der Waals surface area contributed by atoms with Crippen LogP contribution in [0.15, 0.2) is 30.3 Å². The molecule has 6 nitrogen and oxygen atoms in total. The highest BCUT2D eigenvalue weighted by atomic mass is 31.2. The normalized spacial score (nSPS) is 12.8. The zero-order valence-electron chi connectivity index (χ0n) is 15.3. The molecule has 0 unspecified atom stereocenters. The standard InChI is InChI=1S/C18H29O6P/c1-4-22-18(19)17(25(20,23-5-2)24-6-3)13-10-14-21-15-16-11-8-7-9-12-16/h7-9,11-12,17H,4-6,10,13-15H2,1-3H3/t17-/m0/s1. The molecular formula is C18H29O6P. The quantitative estimate of drug-likeness (QED) is 0.294. The minimum absolute atomic E-state index is 0.206. The van der Waals surface area contributed by atoms with Crippen molar-refractivity contribution in [2.45, 2.75) is 45.9 Å². The molecule has 0 radical (unpaired) electrons. The van der Waals surface area contributed by atoms with E-state index in [1.165, 1.54) is 0 Å². The summed E-state index contributed by atoms with van der Waals surface area (Å²) in [4.78, 5) is 12.2. The lowest BCUT2D eigenvalue weighted by atomic mass is 10.2. The Bertz CT molecular complexity index is 524. The minimum atomic E-state index is -3.55. The van der Waals surface area contributed by atoms with E-state index in [4.69, 9.17) is 18.5 Å². The Morgan fingerprint density at radius 1 is 1.04 bits per heavy atom. The van der Waals surface area contributed by atoms with Crippen LogP contribution < -0.4 is 0 Å². The van der Waals surface area contributed by atoms with Crippen molar-refractivity contribution in [3.8, 4) is 0 Å². The molecule has 0 heterocycles. The molecule has 0 amide bonds. The van der Waals surface area contributed by atoms with Crippen LogP contribution in [-0.4, -0.2) is 38.1 Å². The molecule has 1 aromatic carbocycles. The van der Waals surface area contributed by atoms with Crippen molar-refractivity contribution in [2.75, 3.05) is 26.4 Å². The van der Waals surface area contributed by atoms with Gasteiger partial charge >= 0.3 is 13.6 Å². The Kier molecular flexibility index (Phi) is 10.7. The maximum Gasteiger partial charge on any atom is 0.344 e. The van der Waals surface area contributed by atoms with Crippen molar-refractivity contribution >= 4 is 13.6 Å². The van der Waals surface area contributed by atoms with Crippen LogP contribution in [0.1, 0.15) is 39.2 Å². The Labute approximate surface area is 150 Å². The van der Waals surface area contributed by atoms with Crippen LogP contribution in [0.4, 0.5) is 0 Å². The highest BCUT2D eigenvalue weighted by Crippen LogP contribution is 2.54. The molecule has 7 heteroatoms. The van der Waals surface area contributed by atoms with Gasteiger partial charge in [0.05, 0.1) is 26.4 Å². The number of esters is 1. The van der Waals surface area contributed by atoms with Gasteiger partial charge in [0, 0.05) is 6.61 Å². The second kappa shape index (κ2) is 12.2. The van der Waals surface area contributed by atoms with Crippen LogP contribution in [0.5, 0.6) is 0 Å². The molecule has 0 spiro atoms. The first-order valence-electron chi connectivity index (χ1n) is 8.74. The van der Waals surface area contributed by atoms with Crippen LogP contribution in [0.3, 0.4) is 0 Å². The summed E-state index contributed by atoms with van der Waals surface area (Å²) in [5.41, 5.74) is 0.159. The number of carbonyl (C=O) groups excluding carboxylic acids is 1. The SMILES string of the molecule is CCOC(=O)[C@H](CCCOCc1ccccc1)P(=O)(OCC)OCC. The molecule has 142 valence electrons. The summed E-state index contributed by atoms with van der Waals surface area (Å²) < 4.78 is 34.2. The van der Waals surface area contributed by atoms with Gasteiger partial charge in [-0.1, -0.05) is 30.3 Å². The van der Waals surface area contributed by atoms with Gasteiger partial charge in [-0.25, -0.2) is 0 Å². The molecule has 0 aliphatic carbocycles. The number of hydrogen-bond acceptors (Lipinski definition) is 6. The van der Waals surface area contributed by atoms with Crippen LogP contribution >= 0.6 is 7.60 Å². The monoisotopic (exact) mass is 372 g/mol. The van der Waals surface area contributed by atoms with Crippen molar-refractivity contribution in [1.29, 1.82) is 0 Å². The zero-order valence-corrected chi connectivity index (χ0v) is 16.2. The third kappa shape index (κ3) is 7.70. The molecule has 0 saturated heterocycles. The van der Waals surface area contributed by atoms with Crippen molar-refractivity contribution < 1.29 is 27.9 Å². The lowest BCUT2D eigenvalue weighted by Crippen LogP contribution is -2.26. The first kappa shape index (κ1) is 21.8. The summed E-state index contributed by atoms with van der Waals surface area (Å²) in [6, 6.07) is 9.83. The van der Waals surface area contributed by atoms with E-state index in [0.717, 1.165) is 5.56 Å². The lowest BCUT2D eigenvalue weighted by Gasteiger charge is -2.24. The lowest BCUT2D eigenvalue weighted by molar-refractivity contribution is -0.143. The van der Waals surface area contributed by atoms with Gasteiger partial charge in [0.2, 0.25) is 0 Å². The van der Waals surface area contributed by atoms with E-state index in [0.29, 0.717) is 26.1 Å². The number of benzene rings is 1. The fraction of sp³-hybridized carbons (Fsp3) is 0.611. The van der Waals surface area contributed by atoms with Crippen molar-refractivity contribution in [3.63, 3.8) is 0 Å². The van der Waals surface area contributed by atoms with Gasteiger partial charge in [0.1, 0.15) is 0 Å². The summed E-state index contributed by atoms with van der Waals surface area (Å²) >= 11 is 0. The number of rotatable bonds is 13. The molecule has 0 aliphatic rings. The predicted molar refractivity (Wildman–Crippen MR) is 96.6 cm³/mol. The topological polar surface area (TPSA) is 71.1 Å². The number of carbonyl (C=O) groups is 1. The molecule has 0 saturated carbocycles. The predicted octanol–water partition coefficient (Wildman–Crippen LogP) is 4.18. The molecule has 1 atom stereocenters. The molecule has 0 fully saturated rings. The van der Waals surface area contributed by atoms with Crippen LogP contribution in [-0.2, 0) is 34.5 Å². The molecule has 25 heavy (non-hydrogen) atoms. The van der Waals surface area contributed by atoms with E-state index in [2.05, 4.69) is 0 Å². The molecule has 0 aliphatic heterocycles. The molecule has 0 N–H and O–H groups in total. The molecule has 1 rings (SSSR count). The van der Waals surface area contributed by atoms with Gasteiger partial charge in [0.15, 0.2) is 5.66 Å². The van der Waals surface area contributed by atoms with Gasteiger partial charge < -0.3 is 18.5 Å². The third-order valence-electron chi connectivity index (χ3n) is 3.44. The molecule has 1 aromatic rings. The average molecular weight is 372 g/mol. The van der Waals surface area contributed by atoms with E-state index in [1.807, 2.05) is 30.3 Å². The van der Waals surface area contributed by atoms with Gasteiger partial charge in [-0.05, 0) is 39.2 Å². The van der Waals surface area contributed by atoms with E-state index < -0.39 is 19.2 Å². The highest BCUT2D eigenvalue weighted by Gasteiger charge is 2.41. The molecule has 0 bridgehead atoms. The highest BCUT2D eigenvalue weighted by molar-refractivity contribution is 7.55. The first-order chi connectivity index (χ1) is 12.1. The fourth-order valence-electron chi connectivity index (χ4n) is 2.36. The van der Waals surface area contributed by atoms with E-state index in [-0.39, 0.29) is 19.8 Å². The summed E-state index contributed by atoms with van der Waals surface area (Å²) in [5.74, 6) is -0.546. The third-order valence-corrected chi connectivity index (χ3v) is 5.90. The Balaban J connectivity index is 2.58. The van der Waals surface area contributed by atoms with E-state index in [9.17, 15) is 9.36 Å². The van der Waals surface area contributed by atoms with Crippen molar-refractivity contribution in [3.05, 3.63) is 35.9 Å². The second-order valence-electron chi connectivity index (χ2n) is 5.32. The summed E-state index contributed by atoms with van der Waals surface area (Å²) in [6.45, 7) is 6.73. The van der Waals surface area contributed by atoms with Gasteiger partial charge in [-0.15, -0.1) is 0 Å². The first-order valence-corrected chi connectivity index (χ1v) is 10.4. The Morgan fingerprint density at radius 3 is 2.24 bits per heavy atom. The smallest absolute Gasteiger partial charge is 0.344 e. The van der Waals surface area contributed by atoms with Crippen LogP contribution in [0.25, 0.3) is 0 Å². The second-order valence-corrected chi connectivity index (χ2v) is 7.54. The number of ether oxygens (including phenoxy) is 2. The van der Waals surface area contributed by atoms with E-state index >= 15 is 0 Å². The number of hydrogen-bond donors (Lipinski definition) is 0. The largest absolute Gasteiger partial charge is 0.465 e. The Hall–Kier alpha value is -1.20. The Morgan fingerprint density at radius 2 is 1.68 bits per heavy atom. The van der Waals surface area contributed by atoms with Crippen LogP contribution in [0, 0.1) is 0 Å².